The highest BCUT2D eigenvalue weighted by molar-refractivity contribution is 14.1. The van der Waals surface area contributed by atoms with Gasteiger partial charge in [-0.05, 0) is 53.3 Å². The highest BCUT2D eigenvalue weighted by Crippen LogP contribution is 2.15. The molecular weight excluding hydrogens is 442 g/mol. The number of aromatic nitrogens is 2. The predicted molar refractivity (Wildman–Crippen MR) is 86.6 cm³/mol. The van der Waals surface area contributed by atoms with Gasteiger partial charge in [-0.3, -0.25) is 13.9 Å². The van der Waals surface area contributed by atoms with Crippen LogP contribution in [-0.2, 0) is 13.1 Å². The van der Waals surface area contributed by atoms with Crippen molar-refractivity contribution < 1.29 is 4.39 Å². The fourth-order valence-electron chi connectivity index (χ4n) is 1.87. The number of nitrogens with zero attached hydrogens (tertiary/aromatic N) is 2. The molecule has 106 valence electrons. The first kappa shape index (κ1) is 15.4. The average Bonchev–Trinajstić information content (AvgIpc) is 2.38. The predicted octanol–water partition coefficient (Wildman–Crippen LogP) is 2.58. The van der Waals surface area contributed by atoms with Crippen molar-refractivity contribution in [1.29, 1.82) is 0 Å². The van der Waals surface area contributed by atoms with Gasteiger partial charge in [-0.25, -0.2) is 9.18 Å². The van der Waals surface area contributed by atoms with E-state index in [1.54, 1.807) is 6.07 Å². The molecular formula is C13H11BrFIN2O2. The van der Waals surface area contributed by atoms with E-state index in [1.165, 1.54) is 22.9 Å². The summed E-state index contributed by atoms with van der Waals surface area (Å²) in [6, 6.07) is 4.32. The quantitative estimate of drug-likeness (QED) is 0.672. The second-order valence-electron chi connectivity index (χ2n) is 4.21. The summed E-state index contributed by atoms with van der Waals surface area (Å²) in [7, 11) is 0. The maximum atomic E-state index is 13.4. The summed E-state index contributed by atoms with van der Waals surface area (Å²) in [6.07, 6.45) is 1.53. The highest BCUT2D eigenvalue weighted by Gasteiger charge is 2.10. The van der Waals surface area contributed by atoms with Crippen molar-refractivity contribution in [1.82, 2.24) is 9.13 Å². The second-order valence-corrected chi connectivity index (χ2v) is 6.29. The Morgan fingerprint density at radius 3 is 2.60 bits per heavy atom. The van der Waals surface area contributed by atoms with Crippen LogP contribution in [0.4, 0.5) is 4.39 Å². The first-order valence-electron chi connectivity index (χ1n) is 5.87. The summed E-state index contributed by atoms with van der Waals surface area (Å²) in [5.41, 5.74) is -0.195. The molecule has 2 rings (SSSR count). The van der Waals surface area contributed by atoms with Crippen molar-refractivity contribution >= 4 is 38.5 Å². The lowest BCUT2D eigenvalue weighted by Crippen LogP contribution is -2.40. The molecule has 0 saturated carbocycles. The van der Waals surface area contributed by atoms with Gasteiger partial charge in [0.05, 0.1) is 10.1 Å². The van der Waals surface area contributed by atoms with E-state index >= 15 is 0 Å². The van der Waals surface area contributed by atoms with Crippen LogP contribution in [0.15, 0.2) is 38.5 Å². The molecule has 0 bridgehead atoms. The number of hydrogen-bond acceptors (Lipinski definition) is 2. The normalized spacial score (nSPS) is 10.8. The zero-order valence-corrected chi connectivity index (χ0v) is 14.3. The fraction of sp³-hybridized carbons (Fsp3) is 0.231. The highest BCUT2D eigenvalue weighted by atomic mass is 127. The Balaban J connectivity index is 2.56. The molecule has 0 aliphatic heterocycles. The minimum atomic E-state index is -0.413. The van der Waals surface area contributed by atoms with Crippen LogP contribution < -0.4 is 11.2 Å². The molecule has 1 aromatic heterocycles. The molecule has 0 saturated heterocycles. The summed E-state index contributed by atoms with van der Waals surface area (Å²) in [4.78, 5) is 24.2. The minimum Gasteiger partial charge on any atom is -0.300 e. The molecule has 0 spiro atoms. The van der Waals surface area contributed by atoms with Crippen LogP contribution in [0.1, 0.15) is 12.5 Å². The third-order valence-corrected chi connectivity index (χ3v) is 4.00. The van der Waals surface area contributed by atoms with E-state index in [2.05, 4.69) is 15.9 Å². The first-order chi connectivity index (χ1) is 9.42. The van der Waals surface area contributed by atoms with Crippen molar-refractivity contribution in [3.8, 4) is 0 Å². The van der Waals surface area contributed by atoms with E-state index in [-0.39, 0.29) is 12.1 Å². The van der Waals surface area contributed by atoms with E-state index in [1.807, 2.05) is 29.5 Å². The molecule has 20 heavy (non-hydrogen) atoms. The van der Waals surface area contributed by atoms with E-state index in [0.717, 1.165) is 4.57 Å². The van der Waals surface area contributed by atoms with Gasteiger partial charge in [0, 0.05) is 17.2 Å². The van der Waals surface area contributed by atoms with Crippen molar-refractivity contribution in [3.63, 3.8) is 0 Å². The second kappa shape index (κ2) is 6.21. The van der Waals surface area contributed by atoms with Gasteiger partial charge in [-0.2, -0.15) is 0 Å². The van der Waals surface area contributed by atoms with Gasteiger partial charge in [0.25, 0.3) is 5.56 Å². The summed E-state index contributed by atoms with van der Waals surface area (Å²) >= 11 is 5.09. The lowest BCUT2D eigenvalue weighted by Gasteiger charge is -2.10. The van der Waals surface area contributed by atoms with E-state index in [4.69, 9.17) is 0 Å². The molecule has 0 radical (unpaired) electrons. The molecule has 4 nitrogen and oxygen atoms in total. The molecule has 0 atom stereocenters. The Morgan fingerprint density at radius 2 is 2.00 bits per heavy atom. The fourth-order valence-corrected chi connectivity index (χ4v) is 3.01. The van der Waals surface area contributed by atoms with Gasteiger partial charge < -0.3 is 0 Å². The molecule has 0 amide bonds. The van der Waals surface area contributed by atoms with Crippen LogP contribution in [0.5, 0.6) is 0 Å². The van der Waals surface area contributed by atoms with Gasteiger partial charge in [0.1, 0.15) is 5.82 Å². The molecule has 1 aromatic carbocycles. The van der Waals surface area contributed by atoms with Crippen molar-refractivity contribution in [2.75, 3.05) is 0 Å². The third-order valence-electron chi connectivity index (χ3n) is 2.80. The Labute approximate surface area is 136 Å². The van der Waals surface area contributed by atoms with Crippen LogP contribution in [0, 0.1) is 9.39 Å². The van der Waals surface area contributed by atoms with Gasteiger partial charge >= 0.3 is 5.69 Å². The van der Waals surface area contributed by atoms with Gasteiger partial charge in [0.15, 0.2) is 0 Å². The maximum Gasteiger partial charge on any atom is 0.331 e. The van der Waals surface area contributed by atoms with Gasteiger partial charge in [-0.15, -0.1) is 0 Å². The standard InChI is InChI=1S/C13H11BrFIN2O2/c1-2-17-7-11(16)12(19)18(13(17)20)6-8-3-9(14)5-10(15)4-8/h3-5,7H,2,6H2,1H3. The zero-order valence-electron chi connectivity index (χ0n) is 10.6. The number of rotatable bonds is 3. The molecule has 0 fully saturated rings. The summed E-state index contributed by atoms with van der Waals surface area (Å²) in [5, 5.41) is 0. The van der Waals surface area contributed by atoms with Gasteiger partial charge in [0.2, 0.25) is 0 Å². The Kier molecular flexibility index (Phi) is 4.79. The molecule has 0 N–H and O–H groups in total. The minimum absolute atomic E-state index is 0.0465. The van der Waals surface area contributed by atoms with Crippen LogP contribution >= 0.6 is 38.5 Å². The lowest BCUT2D eigenvalue weighted by molar-refractivity contribution is 0.588. The molecule has 0 aliphatic carbocycles. The maximum absolute atomic E-state index is 13.4. The van der Waals surface area contributed by atoms with Crippen LogP contribution in [0.3, 0.4) is 0 Å². The number of hydrogen-bond donors (Lipinski definition) is 0. The van der Waals surface area contributed by atoms with Gasteiger partial charge in [-0.1, -0.05) is 15.9 Å². The topological polar surface area (TPSA) is 44.0 Å². The molecule has 0 unspecified atom stereocenters. The summed E-state index contributed by atoms with van der Waals surface area (Å²) < 4.78 is 17.0. The lowest BCUT2D eigenvalue weighted by atomic mass is 10.2. The zero-order chi connectivity index (χ0) is 14.9. The van der Waals surface area contributed by atoms with Crippen molar-refractivity contribution in [2.45, 2.75) is 20.0 Å². The van der Waals surface area contributed by atoms with E-state index in [0.29, 0.717) is 20.2 Å². The molecule has 2 aromatic rings. The summed E-state index contributed by atoms with van der Waals surface area (Å²) in [5.74, 6) is -0.413. The molecule has 0 aliphatic rings. The monoisotopic (exact) mass is 452 g/mol. The van der Waals surface area contributed by atoms with Crippen LogP contribution in [-0.4, -0.2) is 9.13 Å². The number of benzene rings is 1. The summed E-state index contributed by atoms with van der Waals surface area (Å²) in [6.45, 7) is 2.35. The first-order valence-corrected chi connectivity index (χ1v) is 7.74. The molecule has 1 heterocycles. The SMILES string of the molecule is CCn1cc(I)c(=O)n(Cc2cc(F)cc(Br)c2)c1=O. The number of halogens is 3. The van der Waals surface area contributed by atoms with E-state index in [9.17, 15) is 14.0 Å². The molecule has 7 heteroatoms. The van der Waals surface area contributed by atoms with E-state index < -0.39 is 11.5 Å². The van der Waals surface area contributed by atoms with Crippen LogP contribution in [0.2, 0.25) is 0 Å². The van der Waals surface area contributed by atoms with Crippen molar-refractivity contribution in [2.24, 2.45) is 0 Å². The number of aryl methyl sites for hydroxylation is 1. The van der Waals surface area contributed by atoms with Crippen LogP contribution in [0.25, 0.3) is 0 Å². The largest absolute Gasteiger partial charge is 0.331 e. The Morgan fingerprint density at radius 1 is 1.30 bits per heavy atom. The third kappa shape index (κ3) is 3.20. The van der Waals surface area contributed by atoms with Crippen molar-refractivity contribution in [3.05, 3.63) is 64.7 Å². The average molecular weight is 453 g/mol. The Hall–Kier alpha value is -0.960. The smallest absolute Gasteiger partial charge is 0.300 e. The Bertz CT molecular complexity index is 750.